The highest BCUT2D eigenvalue weighted by atomic mass is 19.1. The Labute approximate surface area is 123 Å². The van der Waals surface area contributed by atoms with Crippen molar-refractivity contribution in [3.05, 3.63) is 59.7 Å². The second-order valence-electron chi connectivity index (χ2n) is 4.85. The molecule has 1 unspecified atom stereocenters. The van der Waals surface area contributed by atoms with Crippen LogP contribution in [0.5, 0.6) is 0 Å². The maximum atomic E-state index is 12.9. The minimum absolute atomic E-state index is 0.00703. The number of carbonyl (C=O) groups excluding carboxylic acids is 1. The van der Waals surface area contributed by atoms with Crippen molar-refractivity contribution in [2.75, 3.05) is 5.32 Å². The van der Waals surface area contributed by atoms with Crippen molar-refractivity contribution in [1.29, 1.82) is 0 Å². The number of carbonyl (C=O) groups is 1. The topological polar surface area (TPSA) is 68.0 Å². The summed E-state index contributed by atoms with van der Waals surface area (Å²) in [5, 5.41) is 3.34. The van der Waals surface area contributed by atoms with Crippen LogP contribution in [0.4, 0.5) is 10.1 Å². The van der Waals surface area contributed by atoms with Crippen molar-refractivity contribution in [2.24, 2.45) is 5.73 Å². The van der Waals surface area contributed by atoms with E-state index in [0.29, 0.717) is 0 Å². The van der Waals surface area contributed by atoms with Crippen molar-refractivity contribution in [2.45, 2.75) is 25.8 Å². The van der Waals surface area contributed by atoms with E-state index in [0.717, 1.165) is 23.4 Å². The van der Waals surface area contributed by atoms with Gasteiger partial charge in [0.05, 0.1) is 24.4 Å². The molecule has 1 aromatic carbocycles. The van der Waals surface area contributed by atoms with Gasteiger partial charge in [-0.25, -0.2) is 4.39 Å². The average molecular weight is 287 g/mol. The molecule has 1 aromatic heterocycles. The molecule has 0 spiro atoms. The van der Waals surface area contributed by atoms with Gasteiger partial charge in [0.1, 0.15) is 5.82 Å². The predicted octanol–water partition coefficient (Wildman–Crippen LogP) is 2.81. The van der Waals surface area contributed by atoms with Crippen molar-refractivity contribution in [3.8, 4) is 0 Å². The van der Waals surface area contributed by atoms with Gasteiger partial charge in [0.15, 0.2) is 0 Å². The highest BCUT2D eigenvalue weighted by Gasteiger charge is 2.10. The molecule has 3 N–H and O–H groups in total. The van der Waals surface area contributed by atoms with Gasteiger partial charge < -0.3 is 11.1 Å². The van der Waals surface area contributed by atoms with Crippen LogP contribution in [-0.4, -0.2) is 10.9 Å². The fourth-order valence-electron chi connectivity index (χ4n) is 2.10. The number of primary amides is 1. The Kier molecular flexibility index (Phi) is 4.87. The molecular weight excluding hydrogens is 269 g/mol. The zero-order valence-electron chi connectivity index (χ0n) is 11.8. The normalized spacial score (nSPS) is 11.9. The first-order chi connectivity index (χ1) is 10.1. The molecule has 1 amide bonds. The number of anilines is 1. The summed E-state index contributed by atoms with van der Waals surface area (Å²) in [4.78, 5) is 15.0. The van der Waals surface area contributed by atoms with E-state index in [4.69, 9.17) is 5.73 Å². The monoisotopic (exact) mass is 287 g/mol. The van der Waals surface area contributed by atoms with Gasteiger partial charge in [0.2, 0.25) is 5.91 Å². The van der Waals surface area contributed by atoms with Gasteiger partial charge >= 0.3 is 0 Å². The van der Waals surface area contributed by atoms with Crippen LogP contribution in [0.3, 0.4) is 0 Å². The predicted molar refractivity (Wildman–Crippen MR) is 80.2 cm³/mol. The third-order valence-electron chi connectivity index (χ3n) is 3.19. The van der Waals surface area contributed by atoms with E-state index in [9.17, 15) is 9.18 Å². The minimum Gasteiger partial charge on any atom is -0.377 e. The van der Waals surface area contributed by atoms with Crippen LogP contribution in [0, 0.1) is 5.82 Å². The smallest absolute Gasteiger partial charge is 0.221 e. The number of hydrogen-bond acceptors (Lipinski definition) is 3. The Hall–Kier alpha value is -2.43. The molecule has 2 aromatic rings. The molecule has 0 aliphatic heterocycles. The van der Waals surface area contributed by atoms with Gasteiger partial charge in [-0.15, -0.1) is 0 Å². The molecule has 0 aliphatic rings. The molecule has 2 rings (SSSR count). The SMILES string of the molecule is CCC(Nc1ccc(CC(N)=O)cc1)c1ccc(F)cn1. The molecule has 0 radical (unpaired) electrons. The van der Waals surface area contributed by atoms with Crippen LogP contribution in [-0.2, 0) is 11.2 Å². The summed E-state index contributed by atoms with van der Waals surface area (Å²) in [6, 6.07) is 10.6. The molecule has 4 nitrogen and oxygen atoms in total. The average Bonchev–Trinajstić information content (AvgIpc) is 2.47. The Morgan fingerprint density at radius 1 is 1.29 bits per heavy atom. The van der Waals surface area contributed by atoms with Gasteiger partial charge in [-0.2, -0.15) is 0 Å². The summed E-state index contributed by atoms with van der Waals surface area (Å²) >= 11 is 0. The van der Waals surface area contributed by atoms with Gasteiger partial charge in [0.25, 0.3) is 0 Å². The summed E-state index contributed by atoms with van der Waals surface area (Å²) in [5.41, 5.74) is 7.75. The molecular formula is C16H18FN3O. The van der Waals surface area contributed by atoms with Crippen LogP contribution >= 0.6 is 0 Å². The molecule has 0 saturated heterocycles. The fraction of sp³-hybridized carbons (Fsp3) is 0.250. The molecule has 0 saturated carbocycles. The lowest BCUT2D eigenvalue weighted by Crippen LogP contribution is -2.14. The van der Waals surface area contributed by atoms with E-state index in [2.05, 4.69) is 10.3 Å². The Morgan fingerprint density at radius 3 is 2.52 bits per heavy atom. The lowest BCUT2D eigenvalue weighted by molar-refractivity contribution is -0.117. The Balaban J connectivity index is 2.07. The van der Waals surface area contributed by atoms with Gasteiger partial charge in [-0.1, -0.05) is 19.1 Å². The first-order valence-corrected chi connectivity index (χ1v) is 6.83. The van der Waals surface area contributed by atoms with Gasteiger partial charge in [-0.3, -0.25) is 9.78 Å². The van der Waals surface area contributed by atoms with E-state index in [1.807, 2.05) is 31.2 Å². The molecule has 110 valence electrons. The number of rotatable bonds is 6. The third kappa shape index (κ3) is 4.27. The Morgan fingerprint density at radius 2 is 2.00 bits per heavy atom. The first kappa shape index (κ1) is 15.0. The second kappa shape index (κ2) is 6.83. The maximum Gasteiger partial charge on any atom is 0.221 e. The van der Waals surface area contributed by atoms with Crippen LogP contribution in [0.15, 0.2) is 42.6 Å². The second-order valence-corrected chi connectivity index (χ2v) is 4.85. The van der Waals surface area contributed by atoms with E-state index in [-0.39, 0.29) is 24.2 Å². The Bertz CT molecular complexity index is 596. The van der Waals surface area contributed by atoms with Crippen LogP contribution in [0.25, 0.3) is 0 Å². The zero-order valence-corrected chi connectivity index (χ0v) is 11.8. The quantitative estimate of drug-likeness (QED) is 0.858. The van der Waals surface area contributed by atoms with Crippen LogP contribution in [0.2, 0.25) is 0 Å². The summed E-state index contributed by atoms with van der Waals surface area (Å²) in [5.74, 6) is -0.693. The summed E-state index contributed by atoms with van der Waals surface area (Å²) in [7, 11) is 0. The molecule has 0 fully saturated rings. The van der Waals surface area contributed by atoms with E-state index >= 15 is 0 Å². The lowest BCUT2D eigenvalue weighted by atomic mass is 10.1. The molecule has 0 bridgehead atoms. The van der Waals surface area contributed by atoms with Crippen molar-refractivity contribution in [1.82, 2.24) is 4.98 Å². The number of pyridine rings is 1. The van der Waals surface area contributed by atoms with E-state index in [1.165, 1.54) is 12.3 Å². The first-order valence-electron chi connectivity index (χ1n) is 6.83. The zero-order chi connectivity index (χ0) is 15.2. The van der Waals surface area contributed by atoms with Gasteiger partial charge in [0, 0.05) is 5.69 Å². The summed E-state index contributed by atoms with van der Waals surface area (Å²) < 4.78 is 12.9. The van der Waals surface area contributed by atoms with Crippen molar-refractivity contribution in [3.63, 3.8) is 0 Å². The molecule has 21 heavy (non-hydrogen) atoms. The number of nitrogens with zero attached hydrogens (tertiary/aromatic N) is 1. The van der Waals surface area contributed by atoms with Crippen molar-refractivity contribution < 1.29 is 9.18 Å². The van der Waals surface area contributed by atoms with Crippen molar-refractivity contribution >= 4 is 11.6 Å². The van der Waals surface area contributed by atoms with E-state index in [1.54, 1.807) is 6.07 Å². The van der Waals surface area contributed by atoms with E-state index < -0.39 is 0 Å². The standard InChI is InChI=1S/C16H18FN3O/c1-2-14(15-8-5-12(17)10-19-15)20-13-6-3-11(4-7-13)9-16(18)21/h3-8,10,14,20H,2,9H2,1H3,(H2,18,21). The minimum atomic E-state index is -0.349. The molecule has 1 heterocycles. The van der Waals surface area contributed by atoms with Crippen LogP contribution < -0.4 is 11.1 Å². The lowest BCUT2D eigenvalue weighted by Gasteiger charge is -2.18. The van der Waals surface area contributed by atoms with Gasteiger partial charge in [-0.05, 0) is 36.2 Å². The fourth-order valence-corrected chi connectivity index (χ4v) is 2.10. The number of benzene rings is 1. The highest BCUT2D eigenvalue weighted by molar-refractivity contribution is 5.76. The summed E-state index contributed by atoms with van der Waals surface area (Å²) in [6.07, 6.45) is 2.27. The molecule has 0 aliphatic carbocycles. The number of halogens is 1. The number of nitrogens with two attached hydrogens (primary N) is 1. The number of hydrogen-bond donors (Lipinski definition) is 2. The number of amides is 1. The number of aromatic nitrogens is 1. The maximum absolute atomic E-state index is 12.9. The van der Waals surface area contributed by atoms with Crippen LogP contribution in [0.1, 0.15) is 30.6 Å². The third-order valence-corrected chi connectivity index (χ3v) is 3.19. The largest absolute Gasteiger partial charge is 0.377 e. The number of nitrogens with one attached hydrogen (secondary N) is 1. The molecule has 1 atom stereocenters. The summed E-state index contributed by atoms with van der Waals surface area (Å²) in [6.45, 7) is 2.03. The molecule has 5 heteroatoms. The highest BCUT2D eigenvalue weighted by Crippen LogP contribution is 2.21.